The maximum absolute atomic E-state index is 9.68. The minimum atomic E-state index is -0.667. The van der Waals surface area contributed by atoms with Crippen LogP contribution in [0, 0.1) is 4.91 Å². The molecule has 3 nitrogen and oxygen atoms in total. The Balaban J connectivity index is 3.35. The van der Waals surface area contributed by atoms with E-state index in [2.05, 4.69) is 11.8 Å². The molecule has 0 N–H and O–H groups in total. The van der Waals surface area contributed by atoms with Gasteiger partial charge in [-0.3, -0.25) is 0 Å². The van der Waals surface area contributed by atoms with E-state index < -0.39 is 6.23 Å². The van der Waals surface area contributed by atoms with Crippen LogP contribution in [0.15, 0.2) is 17.8 Å². The molecule has 46 valence electrons. The van der Waals surface area contributed by atoms with Gasteiger partial charge in [-0.1, -0.05) is 6.58 Å². The Morgan fingerprint density at radius 1 is 2.00 bits per heavy atom. The molecule has 0 spiro atoms. The first-order valence-corrected chi connectivity index (χ1v) is 2.41. The van der Waals surface area contributed by atoms with Crippen LogP contribution >= 0.6 is 0 Å². The van der Waals surface area contributed by atoms with E-state index >= 15 is 0 Å². The lowest BCUT2D eigenvalue weighted by Gasteiger charge is -1.99. The first-order valence-electron chi connectivity index (χ1n) is 2.41. The highest BCUT2D eigenvalue weighted by atomic mass is 16.5. The lowest BCUT2D eigenvalue weighted by atomic mass is 10.6. The van der Waals surface area contributed by atoms with Crippen LogP contribution in [0.2, 0.25) is 0 Å². The molecule has 0 aromatic carbocycles. The van der Waals surface area contributed by atoms with Crippen molar-refractivity contribution in [2.45, 2.75) is 13.2 Å². The van der Waals surface area contributed by atoms with Gasteiger partial charge < -0.3 is 4.74 Å². The fourth-order valence-corrected chi connectivity index (χ4v) is 0.312. The highest BCUT2D eigenvalue weighted by molar-refractivity contribution is 4.76. The average Bonchev–Trinajstić information content (AvgIpc) is 1.83. The standard InChI is InChI=1S/C5H9NO2/c1-3-5(6-7)8-4-2/h3,5H,1,4H2,2H3. The molecule has 0 aliphatic rings. The fourth-order valence-electron chi connectivity index (χ4n) is 0.312. The van der Waals surface area contributed by atoms with Crippen LogP contribution in [0.4, 0.5) is 0 Å². The number of nitroso groups, excluding NO2 is 1. The normalized spacial score (nSPS) is 12.6. The van der Waals surface area contributed by atoms with E-state index in [1.807, 2.05) is 0 Å². The Morgan fingerprint density at radius 3 is 2.75 bits per heavy atom. The summed E-state index contributed by atoms with van der Waals surface area (Å²) in [6, 6.07) is 0. The molecule has 1 atom stereocenters. The van der Waals surface area contributed by atoms with Gasteiger partial charge in [0.05, 0.1) is 0 Å². The number of hydrogen-bond acceptors (Lipinski definition) is 3. The molecule has 0 rings (SSSR count). The van der Waals surface area contributed by atoms with Crippen molar-refractivity contribution in [3.05, 3.63) is 17.6 Å². The minimum Gasteiger partial charge on any atom is -0.350 e. The van der Waals surface area contributed by atoms with Gasteiger partial charge in [-0.2, -0.15) is 0 Å². The molecular weight excluding hydrogens is 106 g/mol. The minimum absolute atomic E-state index is 0.489. The summed E-state index contributed by atoms with van der Waals surface area (Å²) in [5, 5.41) is 2.61. The van der Waals surface area contributed by atoms with Crippen LogP contribution in [-0.4, -0.2) is 12.8 Å². The average molecular weight is 115 g/mol. The van der Waals surface area contributed by atoms with Crippen molar-refractivity contribution in [2.75, 3.05) is 6.61 Å². The summed E-state index contributed by atoms with van der Waals surface area (Å²) in [5.74, 6) is 0. The van der Waals surface area contributed by atoms with E-state index in [0.29, 0.717) is 6.61 Å². The number of rotatable bonds is 4. The fraction of sp³-hybridized carbons (Fsp3) is 0.600. The van der Waals surface area contributed by atoms with Crippen molar-refractivity contribution in [1.29, 1.82) is 0 Å². The Kier molecular flexibility index (Phi) is 4.07. The molecule has 0 bridgehead atoms. The Morgan fingerprint density at radius 2 is 2.62 bits per heavy atom. The number of ether oxygens (including phenoxy) is 1. The molecule has 1 unspecified atom stereocenters. The van der Waals surface area contributed by atoms with Crippen LogP contribution in [0.5, 0.6) is 0 Å². The zero-order chi connectivity index (χ0) is 6.41. The van der Waals surface area contributed by atoms with Gasteiger partial charge in [0, 0.05) is 6.61 Å². The SMILES string of the molecule is C=CC(N=O)OCC. The van der Waals surface area contributed by atoms with Gasteiger partial charge in [-0.05, 0) is 18.2 Å². The topological polar surface area (TPSA) is 38.7 Å². The maximum atomic E-state index is 9.68. The van der Waals surface area contributed by atoms with E-state index in [-0.39, 0.29) is 0 Å². The number of hydrogen-bond donors (Lipinski definition) is 0. The van der Waals surface area contributed by atoms with Gasteiger partial charge in [0.25, 0.3) is 0 Å². The smallest absolute Gasteiger partial charge is 0.208 e. The van der Waals surface area contributed by atoms with Crippen molar-refractivity contribution in [2.24, 2.45) is 5.18 Å². The molecule has 0 saturated carbocycles. The predicted octanol–water partition coefficient (Wildman–Crippen LogP) is 1.30. The van der Waals surface area contributed by atoms with E-state index in [9.17, 15) is 4.91 Å². The van der Waals surface area contributed by atoms with Crippen molar-refractivity contribution < 1.29 is 4.74 Å². The summed E-state index contributed by atoms with van der Waals surface area (Å²) in [6.45, 7) is 5.61. The lowest BCUT2D eigenvalue weighted by Crippen LogP contribution is -2.03. The van der Waals surface area contributed by atoms with Gasteiger partial charge in [0.2, 0.25) is 6.23 Å². The third kappa shape index (κ3) is 2.47. The van der Waals surface area contributed by atoms with Crippen LogP contribution in [0.3, 0.4) is 0 Å². The highest BCUT2D eigenvalue weighted by Gasteiger charge is 1.97. The Hall–Kier alpha value is -0.700. The molecule has 0 heterocycles. The van der Waals surface area contributed by atoms with Crippen molar-refractivity contribution in [1.82, 2.24) is 0 Å². The second-order valence-corrected chi connectivity index (χ2v) is 1.19. The molecular formula is C5H9NO2. The van der Waals surface area contributed by atoms with Gasteiger partial charge in [-0.25, -0.2) is 0 Å². The molecule has 0 radical (unpaired) electrons. The number of nitrogens with zero attached hydrogens (tertiary/aromatic N) is 1. The van der Waals surface area contributed by atoms with Crippen molar-refractivity contribution >= 4 is 0 Å². The summed E-state index contributed by atoms with van der Waals surface area (Å²) in [7, 11) is 0. The molecule has 0 saturated heterocycles. The predicted molar refractivity (Wildman–Crippen MR) is 31.4 cm³/mol. The van der Waals surface area contributed by atoms with Crippen molar-refractivity contribution in [3.8, 4) is 0 Å². The van der Waals surface area contributed by atoms with Crippen LogP contribution < -0.4 is 0 Å². The quantitative estimate of drug-likeness (QED) is 0.409. The molecule has 0 aliphatic carbocycles. The molecule has 0 aromatic heterocycles. The van der Waals surface area contributed by atoms with Gasteiger partial charge in [0.1, 0.15) is 0 Å². The van der Waals surface area contributed by atoms with Gasteiger partial charge >= 0.3 is 0 Å². The zero-order valence-corrected chi connectivity index (χ0v) is 4.83. The van der Waals surface area contributed by atoms with Gasteiger partial charge in [-0.15, -0.1) is 4.91 Å². The van der Waals surface area contributed by atoms with E-state index in [1.54, 1.807) is 6.92 Å². The lowest BCUT2D eigenvalue weighted by molar-refractivity contribution is 0.102. The van der Waals surface area contributed by atoms with E-state index in [0.717, 1.165) is 0 Å². The molecule has 0 aliphatic heterocycles. The largest absolute Gasteiger partial charge is 0.350 e. The highest BCUT2D eigenvalue weighted by Crippen LogP contribution is 1.91. The Labute approximate surface area is 48.3 Å². The van der Waals surface area contributed by atoms with Crippen molar-refractivity contribution in [3.63, 3.8) is 0 Å². The summed E-state index contributed by atoms with van der Waals surface area (Å²) in [6.07, 6.45) is 0.691. The van der Waals surface area contributed by atoms with Gasteiger partial charge in [0.15, 0.2) is 0 Å². The van der Waals surface area contributed by atoms with E-state index in [4.69, 9.17) is 4.74 Å². The molecule has 0 aromatic rings. The van der Waals surface area contributed by atoms with Crippen LogP contribution in [-0.2, 0) is 4.74 Å². The summed E-state index contributed by atoms with van der Waals surface area (Å²) >= 11 is 0. The summed E-state index contributed by atoms with van der Waals surface area (Å²) in [4.78, 5) is 9.68. The molecule has 0 fully saturated rings. The zero-order valence-electron chi connectivity index (χ0n) is 4.83. The molecule has 8 heavy (non-hydrogen) atoms. The molecule has 0 amide bonds. The third-order valence-electron chi connectivity index (χ3n) is 0.643. The van der Waals surface area contributed by atoms with Crippen LogP contribution in [0.1, 0.15) is 6.92 Å². The summed E-state index contributed by atoms with van der Waals surface area (Å²) in [5.41, 5.74) is 0. The second-order valence-electron chi connectivity index (χ2n) is 1.19. The van der Waals surface area contributed by atoms with Crippen LogP contribution in [0.25, 0.3) is 0 Å². The van der Waals surface area contributed by atoms with E-state index in [1.165, 1.54) is 6.08 Å². The first kappa shape index (κ1) is 7.30. The Bertz CT molecular complexity index is 74.5. The third-order valence-corrected chi connectivity index (χ3v) is 0.643. The second kappa shape index (κ2) is 4.46. The maximum Gasteiger partial charge on any atom is 0.208 e. The summed E-state index contributed by atoms with van der Waals surface area (Å²) < 4.78 is 4.74. The molecule has 3 heteroatoms. The first-order chi connectivity index (χ1) is 3.85. The monoisotopic (exact) mass is 115 g/mol.